The topological polar surface area (TPSA) is 26.3 Å². The number of Topliss-reactive ketones (excluding diaryl/α,β-unsaturated/α-hetero) is 1. The molecule has 1 aromatic carbocycles. The molecule has 1 aromatic rings. The lowest BCUT2D eigenvalue weighted by Crippen LogP contribution is -2.05. The molecule has 0 unspecified atom stereocenters. The minimum atomic E-state index is -0.0432. The summed E-state index contributed by atoms with van der Waals surface area (Å²) in [5.41, 5.74) is 0.517. The largest absolute Gasteiger partial charge is 0.496 e. The van der Waals surface area contributed by atoms with E-state index in [-0.39, 0.29) is 11.1 Å². The van der Waals surface area contributed by atoms with Crippen LogP contribution >= 0.6 is 50.1 Å². The second-order valence-electron chi connectivity index (χ2n) is 2.50. The fourth-order valence-electron chi connectivity index (χ4n) is 1.01. The molecule has 0 aromatic heterocycles. The van der Waals surface area contributed by atoms with Crippen LogP contribution in [0, 0.1) is 3.57 Å². The Bertz CT molecular complexity index is 368. The smallest absolute Gasteiger partial charge is 0.176 e. The maximum atomic E-state index is 11.5. The van der Waals surface area contributed by atoms with Gasteiger partial charge in [0.15, 0.2) is 5.78 Å². The van der Waals surface area contributed by atoms with Gasteiger partial charge in [-0.15, -0.1) is 0 Å². The molecule has 1 rings (SSSR count). The van der Waals surface area contributed by atoms with Crippen LogP contribution in [0.4, 0.5) is 0 Å². The molecule has 0 heterocycles. The molecule has 0 spiro atoms. The van der Waals surface area contributed by atoms with Crippen LogP contribution in [0.25, 0.3) is 0 Å². The summed E-state index contributed by atoms with van der Waals surface area (Å²) in [4.78, 5) is 11.5. The third-order valence-corrected chi connectivity index (χ3v) is 3.57. The fourth-order valence-corrected chi connectivity index (χ4v) is 2.71. The Morgan fingerprint density at radius 3 is 2.79 bits per heavy atom. The first-order valence-electron chi connectivity index (χ1n) is 3.73. The molecule has 0 amide bonds. The number of halogens is 3. The van der Waals surface area contributed by atoms with Gasteiger partial charge in [-0.25, -0.2) is 0 Å². The number of rotatable bonds is 3. The van der Waals surface area contributed by atoms with Crippen molar-refractivity contribution in [1.82, 2.24) is 0 Å². The lowest BCUT2D eigenvalue weighted by atomic mass is 10.1. The quantitative estimate of drug-likeness (QED) is 0.449. The third kappa shape index (κ3) is 2.41. The molecule has 2 nitrogen and oxygen atoms in total. The number of hydrogen-bond donors (Lipinski definition) is 0. The minimum absolute atomic E-state index is 0.0432. The number of carbonyl (C=O) groups excluding carboxylic acids is 1. The van der Waals surface area contributed by atoms with E-state index in [2.05, 4.69) is 38.5 Å². The number of ketones is 1. The average Bonchev–Trinajstić information content (AvgIpc) is 2.18. The molecule has 0 aliphatic heterocycles. The van der Waals surface area contributed by atoms with Gasteiger partial charge in [-0.05, 0) is 34.7 Å². The Labute approximate surface area is 109 Å². The van der Waals surface area contributed by atoms with Crippen molar-refractivity contribution in [2.45, 2.75) is 0 Å². The van der Waals surface area contributed by atoms with E-state index in [1.165, 1.54) is 0 Å². The SMILES string of the molecule is COc1ccc(Cl)c(C(=O)CBr)c1I. The number of carbonyl (C=O) groups is 1. The summed E-state index contributed by atoms with van der Waals surface area (Å²) in [6.45, 7) is 0. The fraction of sp³-hybridized carbons (Fsp3) is 0.222. The van der Waals surface area contributed by atoms with Crippen LogP contribution < -0.4 is 4.74 Å². The minimum Gasteiger partial charge on any atom is -0.496 e. The van der Waals surface area contributed by atoms with Crippen molar-refractivity contribution in [3.05, 3.63) is 26.3 Å². The van der Waals surface area contributed by atoms with Crippen molar-refractivity contribution in [1.29, 1.82) is 0 Å². The first-order valence-corrected chi connectivity index (χ1v) is 6.30. The molecule has 14 heavy (non-hydrogen) atoms. The molecular weight excluding hydrogens is 382 g/mol. The number of benzene rings is 1. The summed E-state index contributed by atoms with van der Waals surface area (Å²) >= 11 is 11.1. The van der Waals surface area contributed by atoms with Gasteiger partial charge in [0, 0.05) is 0 Å². The van der Waals surface area contributed by atoms with Crippen LogP contribution in [0.3, 0.4) is 0 Å². The summed E-state index contributed by atoms with van der Waals surface area (Å²) in [6, 6.07) is 3.41. The molecule has 0 bridgehead atoms. The molecule has 76 valence electrons. The standard InChI is InChI=1S/C9H7BrClIO2/c1-14-7-3-2-5(11)8(9(7)12)6(13)4-10/h2-3H,4H2,1H3. The molecular formula is C9H7BrClIO2. The van der Waals surface area contributed by atoms with Gasteiger partial charge in [0.2, 0.25) is 0 Å². The number of alkyl halides is 1. The third-order valence-electron chi connectivity index (χ3n) is 1.68. The summed E-state index contributed by atoms with van der Waals surface area (Å²) in [5.74, 6) is 0.623. The highest BCUT2D eigenvalue weighted by Gasteiger charge is 2.16. The van der Waals surface area contributed by atoms with E-state index in [0.717, 1.165) is 3.57 Å². The maximum Gasteiger partial charge on any atom is 0.176 e. The number of hydrogen-bond acceptors (Lipinski definition) is 2. The Morgan fingerprint density at radius 2 is 2.29 bits per heavy atom. The lowest BCUT2D eigenvalue weighted by molar-refractivity contribution is 0.102. The highest BCUT2D eigenvalue weighted by Crippen LogP contribution is 2.30. The molecule has 0 saturated heterocycles. The van der Waals surface area contributed by atoms with E-state index in [9.17, 15) is 4.79 Å². The molecule has 0 aliphatic rings. The highest BCUT2D eigenvalue weighted by molar-refractivity contribution is 14.1. The average molecular weight is 389 g/mol. The van der Waals surface area contributed by atoms with Crippen LogP contribution in [0.5, 0.6) is 5.75 Å². The van der Waals surface area contributed by atoms with Crippen LogP contribution in [0.15, 0.2) is 12.1 Å². The maximum absolute atomic E-state index is 11.5. The van der Waals surface area contributed by atoms with Gasteiger partial charge in [-0.1, -0.05) is 27.5 Å². The number of ether oxygens (including phenoxy) is 1. The zero-order chi connectivity index (χ0) is 10.7. The summed E-state index contributed by atoms with van der Waals surface area (Å²) in [6.07, 6.45) is 0. The summed E-state index contributed by atoms with van der Waals surface area (Å²) in [7, 11) is 1.56. The van der Waals surface area contributed by atoms with E-state index in [4.69, 9.17) is 16.3 Å². The molecule has 0 fully saturated rings. The van der Waals surface area contributed by atoms with Gasteiger partial charge in [-0.3, -0.25) is 4.79 Å². The second kappa shape index (κ2) is 5.32. The lowest BCUT2D eigenvalue weighted by Gasteiger charge is -2.08. The van der Waals surface area contributed by atoms with E-state index in [0.29, 0.717) is 16.3 Å². The van der Waals surface area contributed by atoms with Crippen molar-refractivity contribution in [2.24, 2.45) is 0 Å². The van der Waals surface area contributed by atoms with E-state index in [1.54, 1.807) is 19.2 Å². The van der Waals surface area contributed by atoms with Gasteiger partial charge in [0.05, 0.1) is 26.6 Å². The van der Waals surface area contributed by atoms with E-state index >= 15 is 0 Å². The Hall–Kier alpha value is 0.190. The second-order valence-corrected chi connectivity index (χ2v) is 4.54. The highest BCUT2D eigenvalue weighted by atomic mass is 127. The van der Waals surface area contributed by atoms with Gasteiger partial charge in [-0.2, -0.15) is 0 Å². The van der Waals surface area contributed by atoms with Crippen molar-refractivity contribution < 1.29 is 9.53 Å². The zero-order valence-electron chi connectivity index (χ0n) is 7.31. The molecule has 0 aliphatic carbocycles. The first kappa shape index (κ1) is 12.3. The van der Waals surface area contributed by atoms with Gasteiger partial charge < -0.3 is 4.74 Å². The van der Waals surface area contributed by atoms with Crippen LogP contribution in [-0.2, 0) is 0 Å². The van der Waals surface area contributed by atoms with Gasteiger partial charge >= 0.3 is 0 Å². The Balaban J connectivity index is 3.32. The predicted molar refractivity (Wildman–Crippen MR) is 68.8 cm³/mol. The molecule has 0 N–H and O–H groups in total. The summed E-state index contributed by atoms with van der Waals surface area (Å²) in [5, 5.41) is 0.718. The Morgan fingerprint density at radius 1 is 1.64 bits per heavy atom. The summed E-state index contributed by atoms with van der Waals surface area (Å²) < 4.78 is 5.85. The van der Waals surface area contributed by atoms with Crippen LogP contribution in [0.2, 0.25) is 5.02 Å². The van der Waals surface area contributed by atoms with Crippen molar-refractivity contribution in [3.63, 3.8) is 0 Å². The monoisotopic (exact) mass is 388 g/mol. The normalized spacial score (nSPS) is 10.0. The van der Waals surface area contributed by atoms with Gasteiger partial charge in [0.25, 0.3) is 0 Å². The molecule has 5 heteroatoms. The molecule has 0 saturated carbocycles. The number of methoxy groups -OCH3 is 1. The van der Waals surface area contributed by atoms with E-state index in [1.807, 2.05) is 0 Å². The first-order chi connectivity index (χ1) is 6.61. The van der Waals surface area contributed by atoms with Crippen LogP contribution in [0.1, 0.15) is 10.4 Å². The van der Waals surface area contributed by atoms with E-state index < -0.39 is 0 Å². The molecule has 0 radical (unpaired) electrons. The zero-order valence-corrected chi connectivity index (χ0v) is 11.8. The predicted octanol–water partition coefficient (Wildman–Crippen LogP) is 3.53. The van der Waals surface area contributed by atoms with Gasteiger partial charge in [0.1, 0.15) is 5.75 Å². The van der Waals surface area contributed by atoms with Crippen LogP contribution in [-0.4, -0.2) is 18.2 Å². The Kier molecular flexibility index (Phi) is 4.66. The van der Waals surface area contributed by atoms with Crippen molar-refractivity contribution >= 4 is 55.9 Å². The van der Waals surface area contributed by atoms with Crippen molar-refractivity contribution in [3.8, 4) is 5.75 Å². The van der Waals surface area contributed by atoms with Crippen molar-refractivity contribution in [2.75, 3.05) is 12.4 Å². The molecule has 0 atom stereocenters.